The molecule has 0 aliphatic carbocycles. The van der Waals surface area contributed by atoms with Gasteiger partial charge in [-0.2, -0.15) is 16.7 Å². The van der Waals surface area contributed by atoms with Crippen molar-refractivity contribution in [3.63, 3.8) is 0 Å². The number of rotatable bonds is 2. The standard InChI is InChI=1S/C10H12N4O2S/c1-14-5-11-2-7(14)9-12-10(16-13-9)6-3-17-4-8(6)15/h2,5-6,8,15H,3-4H2,1H3. The first-order valence-electron chi connectivity index (χ1n) is 5.32. The van der Waals surface area contributed by atoms with Crippen LogP contribution in [0, 0.1) is 0 Å². The molecule has 2 unspecified atom stereocenters. The molecule has 2 aromatic rings. The molecule has 0 spiro atoms. The van der Waals surface area contributed by atoms with Gasteiger partial charge in [0.1, 0.15) is 5.69 Å². The number of hydrogen-bond acceptors (Lipinski definition) is 6. The van der Waals surface area contributed by atoms with Crippen LogP contribution in [-0.4, -0.2) is 42.4 Å². The van der Waals surface area contributed by atoms with E-state index in [9.17, 15) is 5.11 Å². The van der Waals surface area contributed by atoms with Crippen LogP contribution in [0.1, 0.15) is 11.8 Å². The molecular formula is C10H12N4O2S. The van der Waals surface area contributed by atoms with E-state index in [4.69, 9.17) is 4.52 Å². The molecule has 6 nitrogen and oxygen atoms in total. The third-order valence-corrected chi connectivity index (χ3v) is 4.03. The van der Waals surface area contributed by atoms with E-state index in [-0.39, 0.29) is 12.0 Å². The van der Waals surface area contributed by atoms with E-state index in [1.807, 2.05) is 11.6 Å². The Morgan fingerprint density at radius 1 is 1.53 bits per heavy atom. The molecule has 1 saturated heterocycles. The van der Waals surface area contributed by atoms with Crippen LogP contribution >= 0.6 is 11.8 Å². The van der Waals surface area contributed by atoms with Gasteiger partial charge in [-0.1, -0.05) is 5.16 Å². The Bertz CT molecular complexity index is 524. The topological polar surface area (TPSA) is 77.0 Å². The van der Waals surface area contributed by atoms with Crippen molar-refractivity contribution in [2.45, 2.75) is 12.0 Å². The number of aryl methyl sites for hydroxylation is 1. The van der Waals surface area contributed by atoms with Gasteiger partial charge in [0.05, 0.1) is 24.5 Å². The van der Waals surface area contributed by atoms with E-state index in [2.05, 4.69) is 15.1 Å². The number of nitrogens with zero attached hydrogens (tertiary/aromatic N) is 4. The fourth-order valence-corrected chi connectivity index (χ4v) is 3.07. The lowest BCUT2D eigenvalue weighted by atomic mass is 10.1. The van der Waals surface area contributed by atoms with E-state index >= 15 is 0 Å². The molecule has 2 aromatic heterocycles. The first-order valence-corrected chi connectivity index (χ1v) is 6.47. The molecule has 90 valence electrons. The van der Waals surface area contributed by atoms with Crippen molar-refractivity contribution in [3.8, 4) is 11.5 Å². The summed E-state index contributed by atoms with van der Waals surface area (Å²) in [4.78, 5) is 8.34. The Hall–Kier alpha value is -1.34. The van der Waals surface area contributed by atoms with Gasteiger partial charge in [-0.15, -0.1) is 0 Å². The summed E-state index contributed by atoms with van der Waals surface area (Å²) < 4.78 is 7.05. The van der Waals surface area contributed by atoms with Crippen molar-refractivity contribution < 1.29 is 9.63 Å². The molecular weight excluding hydrogens is 240 g/mol. The number of aliphatic hydroxyl groups excluding tert-OH is 1. The van der Waals surface area contributed by atoms with E-state index < -0.39 is 0 Å². The molecule has 0 amide bonds. The van der Waals surface area contributed by atoms with Gasteiger partial charge in [0.2, 0.25) is 11.7 Å². The molecule has 1 N–H and O–H groups in total. The maximum Gasteiger partial charge on any atom is 0.233 e. The summed E-state index contributed by atoms with van der Waals surface area (Å²) >= 11 is 1.70. The predicted octanol–water partition coefficient (Wildman–Crippen LogP) is 0.661. The van der Waals surface area contributed by atoms with Crippen LogP contribution in [0.2, 0.25) is 0 Å². The van der Waals surface area contributed by atoms with Gasteiger partial charge in [-0.25, -0.2) is 4.98 Å². The number of imidazole rings is 1. The fraction of sp³-hybridized carbons (Fsp3) is 0.500. The minimum atomic E-state index is -0.389. The highest BCUT2D eigenvalue weighted by molar-refractivity contribution is 7.99. The quantitative estimate of drug-likeness (QED) is 0.846. The monoisotopic (exact) mass is 252 g/mol. The average molecular weight is 252 g/mol. The SMILES string of the molecule is Cn1cncc1-c1noc(C2CSCC2O)n1. The normalized spacial score (nSPS) is 24.4. The van der Waals surface area contributed by atoms with Gasteiger partial charge in [-0.3, -0.25) is 0 Å². The van der Waals surface area contributed by atoms with Crippen molar-refractivity contribution in [2.75, 3.05) is 11.5 Å². The minimum absolute atomic E-state index is 0.0468. The highest BCUT2D eigenvalue weighted by Gasteiger charge is 2.32. The van der Waals surface area contributed by atoms with E-state index in [1.165, 1.54) is 0 Å². The third kappa shape index (κ3) is 1.85. The molecule has 3 rings (SSSR count). The van der Waals surface area contributed by atoms with E-state index in [0.717, 1.165) is 17.2 Å². The molecule has 1 fully saturated rings. The van der Waals surface area contributed by atoms with E-state index in [1.54, 1.807) is 24.3 Å². The molecule has 0 bridgehead atoms. The van der Waals surface area contributed by atoms with Crippen LogP contribution < -0.4 is 0 Å². The van der Waals surface area contributed by atoms with Crippen LogP contribution in [-0.2, 0) is 7.05 Å². The van der Waals surface area contributed by atoms with Crippen LogP contribution in [0.4, 0.5) is 0 Å². The van der Waals surface area contributed by atoms with Crippen molar-refractivity contribution in [3.05, 3.63) is 18.4 Å². The van der Waals surface area contributed by atoms with Crippen LogP contribution in [0.25, 0.3) is 11.5 Å². The smallest absolute Gasteiger partial charge is 0.233 e. The lowest BCUT2D eigenvalue weighted by Crippen LogP contribution is -2.15. The Morgan fingerprint density at radius 3 is 3.06 bits per heavy atom. The van der Waals surface area contributed by atoms with E-state index in [0.29, 0.717) is 11.7 Å². The second-order valence-electron chi connectivity index (χ2n) is 4.06. The Kier molecular flexibility index (Phi) is 2.64. The highest BCUT2D eigenvalue weighted by atomic mass is 32.2. The highest BCUT2D eigenvalue weighted by Crippen LogP contribution is 2.32. The van der Waals surface area contributed by atoms with Crippen LogP contribution in [0.5, 0.6) is 0 Å². The van der Waals surface area contributed by atoms with Crippen molar-refractivity contribution in [2.24, 2.45) is 7.05 Å². The molecule has 7 heteroatoms. The summed E-state index contributed by atoms with van der Waals surface area (Å²) in [5.41, 5.74) is 0.806. The zero-order valence-electron chi connectivity index (χ0n) is 9.28. The number of thioether (sulfide) groups is 1. The zero-order chi connectivity index (χ0) is 11.8. The predicted molar refractivity (Wildman–Crippen MR) is 62.6 cm³/mol. The van der Waals surface area contributed by atoms with Gasteiger partial charge >= 0.3 is 0 Å². The lowest BCUT2D eigenvalue weighted by molar-refractivity contribution is 0.164. The molecule has 0 aromatic carbocycles. The van der Waals surface area contributed by atoms with Crippen LogP contribution in [0.15, 0.2) is 17.0 Å². The van der Waals surface area contributed by atoms with Crippen molar-refractivity contribution in [1.29, 1.82) is 0 Å². The lowest BCUT2D eigenvalue weighted by Gasteiger charge is -2.06. The minimum Gasteiger partial charge on any atom is -0.391 e. The van der Waals surface area contributed by atoms with Crippen LogP contribution in [0.3, 0.4) is 0 Å². The largest absolute Gasteiger partial charge is 0.391 e. The zero-order valence-corrected chi connectivity index (χ0v) is 10.1. The fourth-order valence-electron chi connectivity index (χ4n) is 1.84. The Labute approximate surface area is 102 Å². The van der Waals surface area contributed by atoms with Gasteiger partial charge in [0.15, 0.2) is 0 Å². The summed E-state index contributed by atoms with van der Waals surface area (Å²) in [6.45, 7) is 0. The Balaban J connectivity index is 1.90. The Morgan fingerprint density at radius 2 is 2.41 bits per heavy atom. The third-order valence-electron chi connectivity index (χ3n) is 2.86. The summed E-state index contributed by atoms with van der Waals surface area (Å²) in [5.74, 6) is 2.54. The second-order valence-corrected chi connectivity index (χ2v) is 5.13. The number of aliphatic hydroxyl groups is 1. The average Bonchev–Trinajstić information content (AvgIpc) is 2.97. The number of aromatic nitrogens is 4. The summed E-state index contributed by atoms with van der Waals surface area (Å²) in [6.07, 6.45) is 2.99. The maximum absolute atomic E-state index is 9.77. The first-order chi connectivity index (χ1) is 8.25. The summed E-state index contributed by atoms with van der Waals surface area (Å²) in [7, 11) is 1.87. The molecule has 2 atom stereocenters. The first kappa shape index (κ1) is 10.8. The van der Waals surface area contributed by atoms with Gasteiger partial charge in [-0.05, 0) is 0 Å². The van der Waals surface area contributed by atoms with Gasteiger partial charge in [0.25, 0.3) is 0 Å². The van der Waals surface area contributed by atoms with Gasteiger partial charge < -0.3 is 14.2 Å². The molecule has 0 radical (unpaired) electrons. The van der Waals surface area contributed by atoms with Gasteiger partial charge in [0, 0.05) is 18.6 Å². The molecule has 0 saturated carbocycles. The maximum atomic E-state index is 9.77. The summed E-state index contributed by atoms with van der Waals surface area (Å²) in [5, 5.41) is 13.7. The molecule has 1 aliphatic heterocycles. The second kappa shape index (κ2) is 4.15. The number of hydrogen-bond donors (Lipinski definition) is 1. The molecule has 1 aliphatic rings. The van der Waals surface area contributed by atoms with Crippen molar-refractivity contribution in [1.82, 2.24) is 19.7 Å². The molecule has 3 heterocycles. The molecule has 17 heavy (non-hydrogen) atoms. The summed E-state index contributed by atoms with van der Waals surface area (Å²) in [6, 6.07) is 0. The van der Waals surface area contributed by atoms with Crippen molar-refractivity contribution >= 4 is 11.8 Å².